The lowest BCUT2D eigenvalue weighted by molar-refractivity contribution is 0.522. The zero-order chi connectivity index (χ0) is 13.8. The second-order valence-corrected chi connectivity index (χ2v) is 5.71. The fourth-order valence-corrected chi connectivity index (χ4v) is 3.13. The lowest BCUT2D eigenvalue weighted by Gasteiger charge is -2.16. The van der Waals surface area contributed by atoms with Gasteiger partial charge in [-0.05, 0) is 54.4 Å². The van der Waals surface area contributed by atoms with Crippen molar-refractivity contribution < 1.29 is 0 Å². The Labute approximate surface area is 121 Å². The molecule has 0 radical (unpaired) electrons. The quantitative estimate of drug-likeness (QED) is 0.645. The lowest BCUT2D eigenvalue weighted by Crippen LogP contribution is -2.38. The SMILES string of the molecule is NNC(Cc1ccccc1)Cc1ccc2c(c1)CCC2. The molecular weight excluding hydrogens is 244 g/mol. The van der Waals surface area contributed by atoms with Crippen LogP contribution in [0.25, 0.3) is 0 Å². The fraction of sp³-hybridized carbons (Fsp3) is 0.333. The van der Waals surface area contributed by atoms with Gasteiger partial charge in [0.25, 0.3) is 0 Å². The van der Waals surface area contributed by atoms with Gasteiger partial charge in [-0.2, -0.15) is 0 Å². The molecule has 0 aliphatic heterocycles. The van der Waals surface area contributed by atoms with Crippen molar-refractivity contribution in [1.82, 2.24) is 5.43 Å². The Kier molecular flexibility index (Phi) is 4.14. The maximum absolute atomic E-state index is 5.73. The summed E-state index contributed by atoms with van der Waals surface area (Å²) >= 11 is 0. The van der Waals surface area contributed by atoms with Crippen LogP contribution in [0.1, 0.15) is 28.7 Å². The van der Waals surface area contributed by atoms with E-state index in [-0.39, 0.29) is 6.04 Å². The third-order valence-electron chi connectivity index (χ3n) is 4.21. The number of hydrogen-bond acceptors (Lipinski definition) is 2. The highest BCUT2D eigenvalue weighted by molar-refractivity contribution is 5.35. The van der Waals surface area contributed by atoms with Crippen LogP contribution in [0.2, 0.25) is 0 Å². The molecule has 2 aromatic carbocycles. The zero-order valence-electron chi connectivity index (χ0n) is 11.8. The minimum atomic E-state index is 0.289. The van der Waals surface area contributed by atoms with Crippen molar-refractivity contribution in [2.75, 3.05) is 0 Å². The Balaban J connectivity index is 1.68. The zero-order valence-corrected chi connectivity index (χ0v) is 11.8. The second-order valence-electron chi connectivity index (χ2n) is 5.71. The van der Waals surface area contributed by atoms with Gasteiger partial charge in [-0.1, -0.05) is 48.5 Å². The summed E-state index contributed by atoms with van der Waals surface area (Å²) in [5.41, 5.74) is 8.77. The second kappa shape index (κ2) is 6.21. The van der Waals surface area contributed by atoms with Gasteiger partial charge in [0, 0.05) is 6.04 Å². The molecular formula is C18H22N2. The Morgan fingerprint density at radius 2 is 1.65 bits per heavy atom. The highest BCUT2D eigenvalue weighted by Crippen LogP contribution is 2.23. The van der Waals surface area contributed by atoms with E-state index < -0.39 is 0 Å². The van der Waals surface area contributed by atoms with Crippen molar-refractivity contribution in [2.45, 2.75) is 38.1 Å². The smallest absolute Gasteiger partial charge is 0.0291 e. The van der Waals surface area contributed by atoms with Crippen LogP contribution >= 0.6 is 0 Å². The molecule has 3 N–H and O–H groups in total. The van der Waals surface area contributed by atoms with Gasteiger partial charge in [0.2, 0.25) is 0 Å². The van der Waals surface area contributed by atoms with Gasteiger partial charge < -0.3 is 0 Å². The van der Waals surface area contributed by atoms with E-state index >= 15 is 0 Å². The van der Waals surface area contributed by atoms with E-state index in [1.54, 1.807) is 0 Å². The molecule has 2 nitrogen and oxygen atoms in total. The Morgan fingerprint density at radius 3 is 2.45 bits per heavy atom. The number of nitrogens with two attached hydrogens (primary N) is 1. The molecule has 0 bridgehead atoms. The first-order valence-electron chi connectivity index (χ1n) is 7.46. The van der Waals surface area contributed by atoms with Crippen LogP contribution in [0.15, 0.2) is 48.5 Å². The first-order valence-corrected chi connectivity index (χ1v) is 7.46. The molecule has 0 saturated heterocycles. The molecule has 0 saturated carbocycles. The molecule has 2 aromatic rings. The summed E-state index contributed by atoms with van der Waals surface area (Å²) in [4.78, 5) is 0. The fourth-order valence-electron chi connectivity index (χ4n) is 3.13. The third kappa shape index (κ3) is 3.09. The summed E-state index contributed by atoms with van der Waals surface area (Å²) in [6.45, 7) is 0. The number of fused-ring (bicyclic) bond motifs is 1. The summed E-state index contributed by atoms with van der Waals surface area (Å²) in [6.07, 6.45) is 5.75. The van der Waals surface area contributed by atoms with Crippen molar-refractivity contribution >= 4 is 0 Å². The predicted molar refractivity (Wildman–Crippen MR) is 83.4 cm³/mol. The predicted octanol–water partition coefficient (Wildman–Crippen LogP) is 2.79. The maximum atomic E-state index is 5.73. The topological polar surface area (TPSA) is 38.0 Å². The Hall–Kier alpha value is -1.64. The highest BCUT2D eigenvalue weighted by atomic mass is 15.2. The first-order chi connectivity index (χ1) is 9.85. The van der Waals surface area contributed by atoms with Crippen LogP contribution in [-0.2, 0) is 25.7 Å². The largest absolute Gasteiger partial charge is 0.271 e. The van der Waals surface area contributed by atoms with E-state index in [0.29, 0.717) is 0 Å². The van der Waals surface area contributed by atoms with E-state index in [0.717, 1.165) is 12.8 Å². The van der Waals surface area contributed by atoms with Crippen molar-refractivity contribution in [3.8, 4) is 0 Å². The van der Waals surface area contributed by atoms with Crippen LogP contribution in [0.5, 0.6) is 0 Å². The van der Waals surface area contributed by atoms with E-state index in [1.165, 1.54) is 41.5 Å². The normalized spacial score (nSPS) is 15.1. The molecule has 20 heavy (non-hydrogen) atoms. The molecule has 104 valence electrons. The highest BCUT2D eigenvalue weighted by Gasteiger charge is 2.13. The van der Waals surface area contributed by atoms with Crippen LogP contribution < -0.4 is 11.3 Å². The Morgan fingerprint density at radius 1 is 0.900 bits per heavy atom. The number of hydrogen-bond donors (Lipinski definition) is 2. The summed E-state index contributed by atoms with van der Waals surface area (Å²) in [5.74, 6) is 5.73. The third-order valence-corrected chi connectivity index (χ3v) is 4.21. The summed E-state index contributed by atoms with van der Waals surface area (Å²) in [7, 11) is 0. The van der Waals surface area contributed by atoms with E-state index in [9.17, 15) is 0 Å². The molecule has 0 heterocycles. The molecule has 0 aromatic heterocycles. The Bertz CT molecular complexity index is 563. The van der Waals surface area contributed by atoms with E-state index in [2.05, 4.69) is 54.0 Å². The number of aryl methyl sites for hydroxylation is 2. The van der Waals surface area contributed by atoms with Crippen LogP contribution in [0.3, 0.4) is 0 Å². The van der Waals surface area contributed by atoms with Crippen molar-refractivity contribution in [3.05, 3.63) is 70.8 Å². The van der Waals surface area contributed by atoms with Gasteiger partial charge >= 0.3 is 0 Å². The maximum Gasteiger partial charge on any atom is 0.0291 e. The number of benzene rings is 2. The summed E-state index contributed by atoms with van der Waals surface area (Å²) in [6, 6.07) is 17.8. The van der Waals surface area contributed by atoms with Crippen molar-refractivity contribution in [1.29, 1.82) is 0 Å². The van der Waals surface area contributed by atoms with Gasteiger partial charge in [-0.15, -0.1) is 0 Å². The molecule has 0 amide bonds. The van der Waals surface area contributed by atoms with Gasteiger partial charge in [-0.3, -0.25) is 11.3 Å². The average Bonchev–Trinajstić information content (AvgIpc) is 2.95. The molecule has 1 aliphatic rings. The standard InChI is InChI=1S/C18H22N2/c19-20-18(12-14-5-2-1-3-6-14)13-15-9-10-16-7-4-8-17(16)11-15/h1-3,5-6,9-11,18,20H,4,7-8,12-13,19H2. The van der Waals surface area contributed by atoms with Gasteiger partial charge in [-0.25, -0.2) is 0 Å². The van der Waals surface area contributed by atoms with Crippen LogP contribution in [-0.4, -0.2) is 6.04 Å². The molecule has 3 rings (SSSR count). The average molecular weight is 266 g/mol. The number of nitrogens with one attached hydrogen (secondary N) is 1. The minimum absolute atomic E-state index is 0.289. The molecule has 1 unspecified atom stereocenters. The van der Waals surface area contributed by atoms with Gasteiger partial charge in [0.05, 0.1) is 0 Å². The van der Waals surface area contributed by atoms with Gasteiger partial charge in [0.15, 0.2) is 0 Å². The monoisotopic (exact) mass is 266 g/mol. The number of rotatable bonds is 5. The molecule has 0 spiro atoms. The summed E-state index contributed by atoms with van der Waals surface area (Å²) in [5, 5.41) is 0. The molecule has 2 heteroatoms. The van der Waals surface area contributed by atoms with Crippen molar-refractivity contribution in [2.24, 2.45) is 5.84 Å². The summed E-state index contributed by atoms with van der Waals surface area (Å²) < 4.78 is 0. The van der Waals surface area contributed by atoms with Crippen LogP contribution in [0, 0.1) is 0 Å². The first kappa shape index (κ1) is 13.3. The van der Waals surface area contributed by atoms with E-state index in [4.69, 9.17) is 5.84 Å². The number of hydrazine groups is 1. The van der Waals surface area contributed by atoms with E-state index in [1.807, 2.05) is 0 Å². The molecule has 1 atom stereocenters. The van der Waals surface area contributed by atoms with Gasteiger partial charge in [0.1, 0.15) is 0 Å². The van der Waals surface area contributed by atoms with Crippen LogP contribution in [0.4, 0.5) is 0 Å². The molecule has 1 aliphatic carbocycles. The van der Waals surface area contributed by atoms with Crippen molar-refractivity contribution in [3.63, 3.8) is 0 Å². The minimum Gasteiger partial charge on any atom is -0.271 e. The molecule has 0 fully saturated rings. The lowest BCUT2D eigenvalue weighted by atomic mass is 9.97.